The van der Waals surface area contributed by atoms with Crippen molar-refractivity contribution in [3.8, 4) is 0 Å². The average molecular weight is 293 g/mol. The topological polar surface area (TPSA) is 51.2 Å². The third kappa shape index (κ3) is 5.10. The molecule has 1 rings (SSSR count). The fourth-order valence-corrected chi connectivity index (χ4v) is 3.61. The van der Waals surface area contributed by atoms with Gasteiger partial charge in [-0.3, -0.25) is 4.79 Å². The second kappa shape index (κ2) is 5.89. The van der Waals surface area contributed by atoms with E-state index >= 15 is 0 Å². The molecule has 0 aliphatic rings. The van der Waals surface area contributed by atoms with E-state index in [2.05, 4.69) is 0 Å². The van der Waals surface area contributed by atoms with Crippen molar-refractivity contribution in [1.82, 2.24) is 0 Å². The molecular weight excluding hydrogens is 280 g/mol. The van der Waals surface area contributed by atoms with Gasteiger partial charge in [0.1, 0.15) is 9.84 Å². The van der Waals surface area contributed by atoms with Gasteiger partial charge in [0, 0.05) is 22.5 Å². The molecule has 94 valence electrons. The Morgan fingerprint density at radius 2 is 2.06 bits per heavy atom. The Hall–Kier alpha value is -0.520. The summed E-state index contributed by atoms with van der Waals surface area (Å²) in [6, 6.07) is 5.04. The highest BCUT2D eigenvalue weighted by Gasteiger charge is 2.07. The summed E-state index contributed by atoms with van der Waals surface area (Å²) in [7, 11) is -2.95. The molecule has 0 atom stereocenters. The van der Waals surface area contributed by atoms with Crippen molar-refractivity contribution in [2.24, 2.45) is 0 Å². The van der Waals surface area contributed by atoms with Gasteiger partial charge in [0.05, 0.1) is 10.8 Å². The van der Waals surface area contributed by atoms with Gasteiger partial charge < -0.3 is 0 Å². The highest BCUT2D eigenvalue weighted by molar-refractivity contribution is 8.00. The van der Waals surface area contributed by atoms with Crippen LogP contribution < -0.4 is 0 Å². The molecule has 1 aromatic carbocycles. The zero-order valence-corrected chi connectivity index (χ0v) is 12.0. The van der Waals surface area contributed by atoms with Crippen LogP contribution in [0.4, 0.5) is 0 Å². The van der Waals surface area contributed by atoms with Gasteiger partial charge in [-0.1, -0.05) is 17.7 Å². The first kappa shape index (κ1) is 14.5. The highest BCUT2D eigenvalue weighted by Crippen LogP contribution is 2.28. The number of ketones is 1. The van der Waals surface area contributed by atoms with Crippen LogP contribution in [-0.4, -0.2) is 32.0 Å². The number of sulfone groups is 1. The molecule has 0 bridgehead atoms. The lowest BCUT2D eigenvalue weighted by atomic mass is 10.1. The molecule has 0 aromatic heterocycles. The van der Waals surface area contributed by atoms with Crippen molar-refractivity contribution in [3.05, 3.63) is 28.8 Å². The van der Waals surface area contributed by atoms with Crippen LogP contribution in [-0.2, 0) is 9.84 Å². The molecule has 3 nitrogen and oxygen atoms in total. The standard InChI is InChI=1S/C11H13ClO3S2/c1-8(13)9-3-4-11(10(12)7-9)16-5-6-17(2,14)15/h3-4,7H,5-6H2,1-2H3. The quantitative estimate of drug-likeness (QED) is 0.618. The van der Waals surface area contributed by atoms with Gasteiger partial charge in [-0.15, -0.1) is 11.8 Å². The maximum Gasteiger partial charge on any atom is 0.159 e. The van der Waals surface area contributed by atoms with Crippen LogP contribution in [0, 0.1) is 0 Å². The SMILES string of the molecule is CC(=O)c1ccc(SCCS(C)(=O)=O)c(Cl)c1. The van der Waals surface area contributed by atoms with Gasteiger partial charge >= 0.3 is 0 Å². The van der Waals surface area contributed by atoms with Crippen LogP contribution in [0.2, 0.25) is 5.02 Å². The van der Waals surface area contributed by atoms with Crippen molar-refractivity contribution >= 4 is 39.0 Å². The van der Waals surface area contributed by atoms with Crippen LogP contribution in [0.3, 0.4) is 0 Å². The minimum absolute atomic E-state index is 0.0421. The van der Waals surface area contributed by atoms with Crippen LogP contribution >= 0.6 is 23.4 Å². The third-order valence-corrected chi connectivity index (χ3v) is 4.75. The van der Waals surface area contributed by atoms with Crippen LogP contribution in [0.5, 0.6) is 0 Å². The third-order valence-electron chi connectivity index (χ3n) is 2.05. The number of benzene rings is 1. The summed E-state index contributed by atoms with van der Waals surface area (Å²) >= 11 is 7.37. The summed E-state index contributed by atoms with van der Waals surface area (Å²) in [5.74, 6) is 0.528. The van der Waals surface area contributed by atoms with Gasteiger partial charge in [0.25, 0.3) is 0 Å². The lowest BCUT2D eigenvalue weighted by Gasteiger charge is -2.05. The second-order valence-corrected chi connectivity index (χ2v) is 7.48. The maximum atomic E-state index is 11.1. The molecule has 6 heteroatoms. The Morgan fingerprint density at radius 3 is 2.53 bits per heavy atom. The number of carbonyl (C=O) groups is 1. The Balaban J connectivity index is 2.70. The van der Waals surface area contributed by atoms with Gasteiger partial charge in [-0.25, -0.2) is 8.42 Å². The molecule has 0 unspecified atom stereocenters. The van der Waals surface area contributed by atoms with Crippen molar-refractivity contribution in [2.45, 2.75) is 11.8 Å². The van der Waals surface area contributed by atoms with E-state index in [9.17, 15) is 13.2 Å². The maximum absolute atomic E-state index is 11.1. The summed E-state index contributed by atoms with van der Waals surface area (Å²) in [5, 5.41) is 0.483. The summed E-state index contributed by atoms with van der Waals surface area (Å²) in [5.41, 5.74) is 0.558. The first-order chi connectivity index (χ1) is 7.79. The van der Waals surface area contributed by atoms with Crippen molar-refractivity contribution in [1.29, 1.82) is 0 Å². The molecule has 1 aromatic rings. The van der Waals surface area contributed by atoms with Gasteiger partial charge in [0.2, 0.25) is 0 Å². The van der Waals surface area contributed by atoms with Gasteiger partial charge in [-0.2, -0.15) is 0 Å². The van der Waals surface area contributed by atoms with E-state index in [0.29, 0.717) is 16.3 Å². The van der Waals surface area contributed by atoms with Gasteiger partial charge in [-0.05, 0) is 19.1 Å². The van der Waals surface area contributed by atoms with E-state index in [1.165, 1.54) is 24.9 Å². The molecule has 0 aliphatic carbocycles. The monoisotopic (exact) mass is 292 g/mol. The molecule has 0 aliphatic heterocycles. The Bertz CT molecular complexity index is 524. The van der Waals surface area contributed by atoms with E-state index in [-0.39, 0.29) is 11.5 Å². The lowest BCUT2D eigenvalue weighted by Crippen LogP contribution is -2.05. The molecule has 0 amide bonds. The fraction of sp³-hybridized carbons (Fsp3) is 0.364. The van der Waals surface area contributed by atoms with Crippen molar-refractivity contribution in [3.63, 3.8) is 0 Å². The number of halogens is 1. The number of hydrogen-bond donors (Lipinski definition) is 0. The Labute approximate surface area is 110 Å². The number of carbonyl (C=O) groups excluding carboxylic acids is 1. The van der Waals surface area contributed by atoms with E-state index in [0.717, 1.165) is 4.90 Å². The highest BCUT2D eigenvalue weighted by atomic mass is 35.5. The number of rotatable bonds is 5. The largest absolute Gasteiger partial charge is 0.295 e. The minimum atomic E-state index is -2.95. The minimum Gasteiger partial charge on any atom is -0.295 e. The molecule has 17 heavy (non-hydrogen) atoms. The second-order valence-electron chi connectivity index (χ2n) is 3.68. The van der Waals surface area contributed by atoms with Crippen LogP contribution in [0.15, 0.2) is 23.1 Å². The average Bonchev–Trinajstić information content (AvgIpc) is 2.18. The fourth-order valence-electron chi connectivity index (χ4n) is 1.14. The van der Waals surface area contributed by atoms with Crippen LogP contribution in [0.1, 0.15) is 17.3 Å². The number of thioether (sulfide) groups is 1. The zero-order chi connectivity index (χ0) is 13.1. The molecule has 0 radical (unpaired) electrons. The normalized spacial score (nSPS) is 11.5. The van der Waals surface area contributed by atoms with Crippen LogP contribution in [0.25, 0.3) is 0 Å². The summed E-state index contributed by atoms with van der Waals surface area (Å²) in [4.78, 5) is 11.9. The first-order valence-electron chi connectivity index (χ1n) is 4.90. The molecule has 0 fully saturated rings. The van der Waals surface area contributed by atoms with Gasteiger partial charge in [0.15, 0.2) is 5.78 Å². The van der Waals surface area contributed by atoms with E-state index in [4.69, 9.17) is 11.6 Å². The van der Waals surface area contributed by atoms with Crippen molar-refractivity contribution in [2.75, 3.05) is 17.8 Å². The number of Topliss-reactive ketones (excluding diaryl/α,β-unsaturated/α-hetero) is 1. The number of hydrogen-bond acceptors (Lipinski definition) is 4. The van der Waals surface area contributed by atoms with E-state index in [1.807, 2.05) is 0 Å². The predicted molar refractivity (Wildman–Crippen MR) is 71.9 cm³/mol. The summed E-state index contributed by atoms with van der Waals surface area (Å²) in [6.07, 6.45) is 1.20. The predicted octanol–water partition coefficient (Wildman–Crippen LogP) is 2.68. The molecule has 0 saturated carbocycles. The molecule has 0 N–H and O–H groups in total. The summed E-state index contributed by atoms with van der Waals surface area (Å²) < 4.78 is 21.9. The summed E-state index contributed by atoms with van der Waals surface area (Å²) in [6.45, 7) is 1.47. The molecular formula is C11H13ClO3S2. The van der Waals surface area contributed by atoms with Crippen molar-refractivity contribution < 1.29 is 13.2 Å². The molecule has 0 heterocycles. The van der Waals surface area contributed by atoms with E-state index in [1.54, 1.807) is 18.2 Å². The smallest absolute Gasteiger partial charge is 0.159 e. The Morgan fingerprint density at radius 1 is 1.41 bits per heavy atom. The molecule has 0 saturated heterocycles. The van der Waals surface area contributed by atoms with E-state index < -0.39 is 9.84 Å². The molecule has 0 spiro atoms. The lowest BCUT2D eigenvalue weighted by molar-refractivity contribution is 0.101. The Kier molecular flexibility index (Phi) is 5.04. The first-order valence-corrected chi connectivity index (χ1v) is 8.33. The zero-order valence-electron chi connectivity index (χ0n) is 9.57.